The van der Waals surface area contributed by atoms with Crippen molar-refractivity contribution in [2.24, 2.45) is 52.3 Å². The van der Waals surface area contributed by atoms with Crippen LogP contribution in [0.1, 0.15) is 112 Å². The van der Waals surface area contributed by atoms with Crippen LogP contribution in [0.25, 0.3) is 0 Å². The predicted molar refractivity (Wildman–Crippen MR) is 128 cm³/mol. The second-order valence-corrected chi connectivity index (χ2v) is 12.8. The molecule has 4 aliphatic rings. The molecule has 0 aromatic carbocycles. The van der Waals surface area contributed by atoms with E-state index in [-0.39, 0.29) is 0 Å². The Labute approximate surface area is 187 Å². The first kappa shape index (κ1) is 22.9. The number of hydrogen-bond donors (Lipinski definition) is 1. The van der Waals surface area contributed by atoms with Crippen LogP contribution in [-0.4, -0.2) is 11.7 Å². The molecule has 0 aromatic rings. The lowest BCUT2D eigenvalue weighted by atomic mass is 9.48. The molecule has 3 saturated carbocycles. The highest BCUT2D eigenvalue weighted by Gasteiger charge is 2.57. The van der Waals surface area contributed by atoms with E-state index in [0.29, 0.717) is 29.3 Å². The van der Waals surface area contributed by atoms with Crippen LogP contribution in [0.3, 0.4) is 0 Å². The summed E-state index contributed by atoms with van der Waals surface area (Å²) < 4.78 is 0. The largest absolute Gasteiger partial charge is 0.396 e. The molecule has 0 bridgehead atoms. The van der Waals surface area contributed by atoms with E-state index in [0.717, 1.165) is 36.0 Å². The number of rotatable bonds is 7. The normalized spacial score (nSPS) is 42.8. The minimum absolute atomic E-state index is 0.357. The number of fused-ring (bicyclic) bond motifs is 5. The molecule has 1 nitrogen and oxygen atoms in total. The van der Waals surface area contributed by atoms with Gasteiger partial charge in [-0.25, -0.2) is 0 Å². The first-order chi connectivity index (χ1) is 14.3. The van der Waals surface area contributed by atoms with Gasteiger partial charge in [0.15, 0.2) is 0 Å². The van der Waals surface area contributed by atoms with Crippen LogP contribution in [0.2, 0.25) is 0 Å². The Bertz CT molecular complexity index is 620. The van der Waals surface area contributed by atoms with E-state index >= 15 is 0 Å². The smallest absolute Gasteiger partial charge is 0.0433 e. The van der Waals surface area contributed by atoms with E-state index in [2.05, 4.69) is 40.7 Å². The van der Waals surface area contributed by atoms with E-state index in [1.165, 1.54) is 70.6 Å². The Hall–Kier alpha value is -0.300. The molecule has 0 saturated heterocycles. The minimum atomic E-state index is 0.357. The first-order valence-corrected chi connectivity index (χ1v) is 13.6. The molecule has 4 aliphatic carbocycles. The summed E-state index contributed by atoms with van der Waals surface area (Å²) in [4.78, 5) is 0. The van der Waals surface area contributed by atoms with Crippen molar-refractivity contribution in [3.8, 4) is 0 Å². The fraction of sp³-hybridized carbons (Fsp3) is 0.931. The number of aliphatic hydroxyl groups is 1. The molecule has 0 heterocycles. The fourth-order valence-corrected chi connectivity index (χ4v) is 9.18. The molecule has 30 heavy (non-hydrogen) atoms. The second-order valence-electron chi connectivity index (χ2n) is 12.8. The second kappa shape index (κ2) is 8.92. The average Bonchev–Trinajstić information content (AvgIpc) is 3.07. The average molecular weight is 415 g/mol. The Morgan fingerprint density at radius 3 is 2.40 bits per heavy atom. The molecule has 0 aliphatic heterocycles. The van der Waals surface area contributed by atoms with Gasteiger partial charge in [-0.15, -0.1) is 0 Å². The molecule has 8 atom stereocenters. The lowest BCUT2D eigenvalue weighted by Gasteiger charge is -2.57. The molecular weight excluding hydrogens is 364 g/mol. The van der Waals surface area contributed by atoms with Gasteiger partial charge in [0.05, 0.1) is 0 Å². The van der Waals surface area contributed by atoms with Gasteiger partial charge in [0, 0.05) is 6.61 Å². The monoisotopic (exact) mass is 414 g/mol. The minimum Gasteiger partial charge on any atom is -0.396 e. The zero-order valence-electron chi connectivity index (χ0n) is 20.8. The predicted octanol–water partition coefficient (Wildman–Crippen LogP) is 8.03. The summed E-state index contributed by atoms with van der Waals surface area (Å²) in [6.07, 6.45) is 19.6. The lowest BCUT2D eigenvalue weighted by Crippen LogP contribution is -2.48. The van der Waals surface area contributed by atoms with Crippen molar-refractivity contribution in [2.45, 2.75) is 112 Å². The van der Waals surface area contributed by atoms with Gasteiger partial charge in [-0.3, -0.25) is 0 Å². The van der Waals surface area contributed by atoms with Crippen LogP contribution in [0.15, 0.2) is 11.6 Å². The summed E-state index contributed by atoms with van der Waals surface area (Å²) >= 11 is 0. The zero-order chi connectivity index (χ0) is 21.5. The molecular formula is C29H50O. The maximum absolute atomic E-state index is 9.46. The number of aliphatic hydroxyl groups excluding tert-OH is 1. The quantitative estimate of drug-likeness (QED) is 0.418. The third-order valence-corrected chi connectivity index (χ3v) is 11.2. The van der Waals surface area contributed by atoms with Gasteiger partial charge in [0.25, 0.3) is 0 Å². The van der Waals surface area contributed by atoms with Crippen LogP contribution in [0.4, 0.5) is 0 Å². The van der Waals surface area contributed by atoms with Crippen molar-refractivity contribution in [1.29, 1.82) is 0 Å². The van der Waals surface area contributed by atoms with Gasteiger partial charge in [0.2, 0.25) is 0 Å². The van der Waals surface area contributed by atoms with Crippen molar-refractivity contribution in [3.05, 3.63) is 11.6 Å². The molecule has 0 radical (unpaired) electrons. The molecule has 1 N–H and O–H groups in total. The molecule has 0 amide bonds. The van der Waals surface area contributed by atoms with E-state index < -0.39 is 0 Å². The Morgan fingerprint density at radius 1 is 0.900 bits per heavy atom. The number of hydrogen-bond acceptors (Lipinski definition) is 1. The SMILES string of the molecule is CC(C)[C@H](CCO)CC[C@@H](C)[C@H]1CC[C@H]2C3=CC[C@H]4CCCC[C@]4(C)[C@H]3CC[C@]12C. The van der Waals surface area contributed by atoms with Crippen LogP contribution in [-0.2, 0) is 0 Å². The summed E-state index contributed by atoms with van der Waals surface area (Å²) in [6, 6.07) is 0. The van der Waals surface area contributed by atoms with Crippen LogP contribution >= 0.6 is 0 Å². The maximum atomic E-state index is 9.46. The van der Waals surface area contributed by atoms with Gasteiger partial charge in [0.1, 0.15) is 0 Å². The van der Waals surface area contributed by atoms with Crippen LogP contribution in [0, 0.1) is 52.3 Å². The summed E-state index contributed by atoms with van der Waals surface area (Å²) in [5.74, 6) is 5.88. The third kappa shape index (κ3) is 3.84. The third-order valence-electron chi connectivity index (χ3n) is 11.2. The van der Waals surface area contributed by atoms with Crippen molar-refractivity contribution in [3.63, 3.8) is 0 Å². The van der Waals surface area contributed by atoms with Crippen molar-refractivity contribution >= 4 is 0 Å². The van der Waals surface area contributed by atoms with E-state index in [4.69, 9.17) is 0 Å². The van der Waals surface area contributed by atoms with Crippen LogP contribution < -0.4 is 0 Å². The fourth-order valence-electron chi connectivity index (χ4n) is 9.18. The van der Waals surface area contributed by atoms with E-state index in [9.17, 15) is 5.11 Å². The highest BCUT2D eigenvalue weighted by molar-refractivity contribution is 5.27. The molecule has 4 rings (SSSR count). The van der Waals surface area contributed by atoms with Gasteiger partial charge in [-0.2, -0.15) is 0 Å². The topological polar surface area (TPSA) is 20.2 Å². The summed E-state index contributed by atoms with van der Waals surface area (Å²) in [6.45, 7) is 13.0. The number of allylic oxidation sites excluding steroid dienone is 2. The molecule has 0 unspecified atom stereocenters. The summed E-state index contributed by atoms with van der Waals surface area (Å²) in [5.41, 5.74) is 3.09. The van der Waals surface area contributed by atoms with Crippen LogP contribution in [0.5, 0.6) is 0 Å². The van der Waals surface area contributed by atoms with Crippen molar-refractivity contribution < 1.29 is 5.11 Å². The molecule has 172 valence electrons. The highest BCUT2D eigenvalue weighted by atomic mass is 16.3. The maximum Gasteiger partial charge on any atom is 0.0433 e. The molecule has 0 spiro atoms. The van der Waals surface area contributed by atoms with Gasteiger partial charge in [-0.1, -0.05) is 65.5 Å². The van der Waals surface area contributed by atoms with Gasteiger partial charge >= 0.3 is 0 Å². The first-order valence-electron chi connectivity index (χ1n) is 13.6. The molecule has 3 fully saturated rings. The Balaban J connectivity index is 1.46. The summed E-state index contributed by atoms with van der Waals surface area (Å²) in [7, 11) is 0. The molecule has 1 heteroatoms. The van der Waals surface area contributed by atoms with Gasteiger partial charge in [-0.05, 0) is 110 Å². The van der Waals surface area contributed by atoms with Gasteiger partial charge < -0.3 is 5.11 Å². The Kier molecular flexibility index (Phi) is 6.80. The van der Waals surface area contributed by atoms with Crippen molar-refractivity contribution in [1.82, 2.24) is 0 Å². The molecule has 0 aromatic heterocycles. The van der Waals surface area contributed by atoms with Crippen molar-refractivity contribution in [2.75, 3.05) is 6.61 Å². The zero-order valence-corrected chi connectivity index (χ0v) is 20.8. The van der Waals surface area contributed by atoms with E-state index in [1.807, 2.05) is 5.57 Å². The standard InChI is InChI=1S/C29H50O/c1-20(2)22(16-19-30)10-9-21(3)25-13-14-26-24-12-11-23-8-6-7-17-28(23,4)27(24)15-18-29(25,26)5/h12,20-23,25-27,30H,6-11,13-19H2,1-5H3/t21-,22+,23-,25-,26+,27+,28+,29-/m1/s1. The Morgan fingerprint density at radius 2 is 1.67 bits per heavy atom. The highest BCUT2D eigenvalue weighted by Crippen LogP contribution is 2.67. The summed E-state index contributed by atoms with van der Waals surface area (Å²) in [5, 5.41) is 9.46. The lowest BCUT2D eigenvalue weighted by molar-refractivity contribution is -0.00838. The van der Waals surface area contributed by atoms with E-state index in [1.54, 1.807) is 0 Å².